The van der Waals surface area contributed by atoms with Gasteiger partial charge in [0.2, 0.25) is 0 Å². The fourth-order valence-electron chi connectivity index (χ4n) is 1.83. The van der Waals surface area contributed by atoms with Crippen LogP contribution in [-0.4, -0.2) is 16.1 Å². The Kier molecular flexibility index (Phi) is 3.11. The first-order valence-electron chi connectivity index (χ1n) is 4.34. The molecular weight excluding hydrogens is 202 g/mol. The predicted molar refractivity (Wildman–Crippen MR) is 54.8 cm³/mol. The standard InChI is InChI=1S/C10H11NO2.ClH/c1-6-2-3-11-9-5-7(10(12)13)4-8(6)9;/h2-3,7H,4-5H2,1H3,(H,12,13);1H. The lowest BCUT2D eigenvalue weighted by atomic mass is 10.1. The molecule has 1 N–H and O–H groups in total. The van der Waals surface area contributed by atoms with Gasteiger partial charge < -0.3 is 5.11 Å². The number of rotatable bonds is 1. The fourth-order valence-corrected chi connectivity index (χ4v) is 1.83. The average molecular weight is 214 g/mol. The molecule has 1 heterocycles. The molecule has 0 fully saturated rings. The molecule has 1 aromatic rings. The first kappa shape index (κ1) is 11.0. The van der Waals surface area contributed by atoms with Crippen LogP contribution < -0.4 is 0 Å². The van der Waals surface area contributed by atoms with Crippen molar-refractivity contribution in [2.24, 2.45) is 5.92 Å². The molecule has 0 saturated heterocycles. The van der Waals surface area contributed by atoms with E-state index in [0.29, 0.717) is 12.8 Å². The number of aryl methyl sites for hydroxylation is 1. The summed E-state index contributed by atoms with van der Waals surface area (Å²) >= 11 is 0. The van der Waals surface area contributed by atoms with Gasteiger partial charge in [-0.1, -0.05) is 0 Å². The third kappa shape index (κ3) is 1.73. The van der Waals surface area contributed by atoms with Gasteiger partial charge in [-0.25, -0.2) is 0 Å². The van der Waals surface area contributed by atoms with Crippen LogP contribution in [0.15, 0.2) is 12.3 Å². The summed E-state index contributed by atoms with van der Waals surface area (Å²) in [5, 5.41) is 8.85. The third-order valence-corrected chi connectivity index (χ3v) is 2.62. The van der Waals surface area contributed by atoms with Crippen LogP contribution in [0, 0.1) is 12.8 Å². The van der Waals surface area contributed by atoms with Crippen LogP contribution in [0.1, 0.15) is 16.8 Å². The molecule has 4 heteroatoms. The van der Waals surface area contributed by atoms with Crippen molar-refractivity contribution < 1.29 is 9.90 Å². The summed E-state index contributed by atoms with van der Waals surface area (Å²) in [6.45, 7) is 2.00. The zero-order valence-electron chi connectivity index (χ0n) is 7.86. The number of aliphatic carboxylic acids is 1. The number of pyridine rings is 1. The van der Waals surface area contributed by atoms with Gasteiger partial charge in [0, 0.05) is 18.3 Å². The van der Waals surface area contributed by atoms with E-state index in [1.54, 1.807) is 6.20 Å². The second-order valence-corrected chi connectivity index (χ2v) is 3.50. The van der Waals surface area contributed by atoms with Crippen LogP contribution in [-0.2, 0) is 17.6 Å². The van der Waals surface area contributed by atoms with Crippen LogP contribution in [0.3, 0.4) is 0 Å². The Labute approximate surface area is 88.6 Å². The van der Waals surface area contributed by atoms with Crippen LogP contribution in [0.5, 0.6) is 0 Å². The van der Waals surface area contributed by atoms with Crippen molar-refractivity contribution in [2.75, 3.05) is 0 Å². The van der Waals surface area contributed by atoms with Crippen molar-refractivity contribution in [2.45, 2.75) is 19.8 Å². The van der Waals surface area contributed by atoms with Crippen LogP contribution in [0.25, 0.3) is 0 Å². The zero-order valence-corrected chi connectivity index (χ0v) is 8.67. The number of hydrogen-bond acceptors (Lipinski definition) is 2. The molecule has 0 radical (unpaired) electrons. The molecule has 0 aromatic carbocycles. The van der Waals surface area contributed by atoms with Gasteiger partial charge in [-0.05, 0) is 30.5 Å². The third-order valence-electron chi connectivity index (χ3n) is 2.62. The first-order chi connectivity index (χ1) is 6.18. The second kappa shape index (κ2) is 3.96. The van der Waals surface area contributed by atoms with Crippen molar-refractivity contribution in [3.05, 3.63) is 29.1 Å². The summed E-state index contributed by atoms with van der Waals surface area (Å²) in [6.07, 6.45) is 2.98. The van der Waals surface area contributed by atoms with E-state index >= 15 is 0 Å². The average Bonchev–Trinajstić information content (AvgIpc) is 2.49. The fraction of sp³-hybridized carbons (Fsp3) is 0.400. The monoisotopic (exact) mass is 213 g/mol. The molecular formula is C10H12ClNO2. The number of hydrogen-bond donors (Lipinski definition) is 1. The molecule has 1 atom stereocenters. The van der Waals surface area contributed by atoms with Gasteiger partial charge in [0.05, 0.1) is 5.92 Å². The Morgan fingerprint density at radius 3 is 2.86 bits per heavy atom. The second-order valence-electron chi connectivity index (χ2n) is 3.50. The molecule has 0 amide bonds. The molecule has 14 heavy (non-hydrogen) atoms. The van der Waals surface area contributed by atoms with Gasteiger partial charge >= 0.3 is 5.97 Å². The first-order valence-corrected chi connectivity index (χ1v) is 4.34. The highest BCUT2D eigenvalue weighted by atomic mass is 35.5. The van der Waals surface area contributed by atoms with E-state index in [9.17, 15) is 4.79 Å². The highest BCUT2D eigenvalue weighted by Gasteiger charge is 2.28. The van der Waals surface area contributed by atoms with Gasteiger partial charge in [-0.2, -0.15) is 0 Å². The van der Waals surface area contributed by atoms with Gasteiger partial charge in [-0.3, -0.25) is 9.78 Å². The molecule has 3 nitrogen and oxygen atoms in total. The zero-order chi connectivity index (χ0) is 9.42. The molecule has 1 aliphatic rings. The normalized spacial score (nSPS) is 18.5. The highest BCUT2D eigenvalue weighted by Crippen LogP contribution is 2.27. The quantitative estimate of drug-likeness (QED) is 0.771. The number of halogens is 1. The van der Waals surface area contributed by atoms with Crippen LogP contribution >= 0.6 is 12.4 Å². The summed E-state index contributed by atoms with van der Waals surface area (Å²) in [7, 11) is 0. The molecule has 1 aromatic heterocycles. The van der Waals surface area contributed by atoms with E-state index in [1.165, 1.54) is 0 Å². The van der Waals surface area contributed by atoms with E-state index < -0.39 is 5.97 Å². The lowest BCUT2D eigenvalue weighted by Crippen LogP contribution is -2.13. The smallest absolute Gasteiger partial charge is 0.307 e. The minimum atomic E-state index is -0.711. The Bertz CT molecular complexity index is 365. The Hall–Kier alpha value is -1.09. The number of aromatic nitrogens is 1. The van der Waals surface area contributed by atoms with Gasteiger partial charge in [0.25, 0.3) is 0 Å². The summed E-state index contributed by atoms with van der Waals surface area (Å²) in [5.41, 5.74) is 3.26. The van der Waals surface area contributed by atoms with Crippen molar-refractivity contribution in [3.8, 4) is 0 Å². The van der Waals surface area contributed by atoms with E-state index in [-0.39, 0.29) is 18.3 Å². The van der Waals surface area contributed by atoms with Gasteiger partial charge in [0.15, 0.2) is 0 Å². The largest absolute Gasteiger partial charge is 0.481 e. The van der Waals surface area contributed by atoms with Crippen molar-refractivity contribution >= 4 is 18.4 Å². The molecule has 0 aliphatic heterocycles. The number of carboxylic acid groups (broad SMARTS) is 1. The molecule has 0 spiro atoms. The molecule has 0 bridgehead atoms. The van der Waals surface area contributed by atoms with E-state index in [2.05, 4.69) is 4.98 Å². The van der Waals surface area contributed by atoms with Crippen molar-refractivity contribution in [3.63, 3.8) is 0 Å². The maximum Gasteiger partial charge on any atom is 0.307 e. The lowest BCUT2D eigenvalue weighted by molar-refractivity contribution is -0.141. The molecule has 1 unspecified atom stereocenters. The number of carbonyl (C=O) groups is 1. The summed E-state index contributed by atoms with van der Waals surface area (Å²) < 4.78 is 0. The van der Waals surface area contributed by atoms with E-state index in [4.69, 9.17) is 5.11 Å². The summed E-state index contributed by atoms with van der Waals surface area (Å²) in [5.74, 6) is -0.971. The van der Waals surface area contributed by atoms with Crippen LogP contribution in [0.4, 0.5) is 0 Å². The Morgan fingerprint density at radius 1 is 1.57 bits per heavy atom. The molecule has 2 rings (SSSR count). The highest BCUT2D eigenvalue weighted by molar-refractivity contribution is 5.85. The Morgan fingerprint density at radius 2 is 2.29 bits per heavy atom. The SMILES string of the molecule is Cc1ccnc2c1CC(C(=O)O)C2.Cl. The van der Waals surface area contributed by atoms with Gasteiger partial charge in [-0.15, -0.1) is 12.4 Å². The minimum absolute atomic E-state index is 0. The van der Waals surface area contributed by atoms with Crippen molar-refractivity contribution in [1.29, 1.82) is 0 Å². The molecule has 76 valence electrons. The Balaban J connectivity index is 0.000000980. The minimum Gasteiger partial charge on any atom is -0.481 e. The van der Waals surface area contributed by atoms with Crippen molar-refractivity contribution in [1.82, 2.24) is 4.98 Å². The molecule has 1 aliphatic carbocycles. The number of carboxylic acids is 1. The number of fused-ring (bicyclic) bond motifs is 1. The van der Waals surface area contributed by atoms with Gasteiger partial charge in [0.1, 0.15) is 0 Å². The van der Waals surface area contributed by atoms with E-state index in [1.807, 2.05) is 13.0 Å². The lowest BCUT2D eigenvalue weighted by Gasteiger charge is -2.00. The maximum atomic E-state index is 10.8. The maximum absolute atomic E-state index is 10.8. The summed E-state index contributed by atoms with van der Waals surface area (Å²) in [6, 6.07) is 1.93. The summed E-state index contributed by atoms with van der Waals surface area (Å²) in [4.78, 5) is 14.9. The number of nitrogens with zero attached hydrogens (tertiary/aromatic N) is 1. The topological polar surface area (TPSA) is 50.2 Å². The predicted octanol–water partition coefficient (Wildman–Crippen LogP) is 1.61. The molecule has 0 saturated carbocycles. The van der Waals surface area contributed by atoms with E-state index in [0.717, 1.165) is 16.8 Å². The van der Waals surface area contributed by atoms with Crippen LogP contribution in [0.2, 0.25) is 0 Å².